The van der Waals surface area contributed by atoms with Gasteiger partial charge in [-0.05, 0) is 36.6 Å². The van der Waals surface area contributed by atoms with Crippen LogP contribution in [0.2, 0.25) is 0 Å². The molecule has 3 N–H and O–H groups in total. The average molecular weight is 406 g/mol. The molecule has 8 nitrogen and oxygen atoms in total. The van der Waals surface area contributed by atoms with E-state index in [1.165, 1.54) is 6.33 Å². The molecule has 0 radical (unpaired) electrons. The summed E-state index contributed by atoms with van der Waals surface area (Å²) in [6, 6.07) is 9.72. The molecule has 0 saturated carbocycles. The zero-order valence-corrected chi connectivity index (χ0v) is 17.2. The highest BCUT2D eigenvalue weighted by molar-refractivity contribution is 5.89. The Bertz CT molecular complexity index is 1070. The number of nitrogens with zero attached hydrogens (tertiary/aromatic N) is 4. The van der Waals surface area contributed by atoms with E-state index in [1.54, 1.807) is 0 Å². The topological polar surface area (TPSA) is 106 Å². The van der Waals surface area contributed by atoms with E-state index in [0.717, 1.165) is 54.0 Å². The highest BCUT2D eigenvalue weighted by atomic mass is 16.2. The van der Waals surface area contributed by atoms with E-state index in [1.807, 2.05) is 47.5 Å². The second-order valence-corrected chi connectivity index (χ2v) is 7.98. The maximum absolute atomic E-state index is 12.3. The fraction of sp³-hybridized carbons (Fsp3) is 0.364. The molecule has 156 valence electrons. The summed E-state index contributed by atoms with van der Waals surface area (Å²) in [5.41, 5.74) is 10.8. The van der Waals surface area contributed by atoms with Gasteiger partial charge < -0.3 is 16.0 Å². The summed E-state index contributed by atoms with van der Waals surface area (Å²) < 4.78 is 1.89. The molecule has 2 amide bonds. The van der Waals surface area contributed by atoms with E-state index in [-0.39, 0.29) is 17.7 Å². The van der Waals surface area contributed by atoms with Crippen molar-refractivity contribution in [2.75, 3.05) is 24.1 Å². The normalized spacial score (nSPS) is 15.0. The first-order valence-electron chi connectivity index (χ1n) is 10.2. The van der Waals surface area contributed by atoms with Gasteiger partial charge in [0.15, 0.2) is 5.82 Å². The van der Waals surface area contributed by atoms with E-state index in [0.29, 0.717) is 12.2 Å². The van der Waals surface area contributed by atoms with Crippen LogP contribution in [0.15, 0.2) is 36.7 Å². The summed E-state index contributed by atoms with van der Waals surface area (Å²) in [6.45, 7) is 5.38. The highest BCUT2D eigenvalue weighted by Gasteiger charge is 2.28. The van der Waals surface area contributed by atoms with Crippen LogP contribution in [-0.4, -0.2) is 44.9 Å². The lowest BCUT2D eigenvalue weighted by Crippen LogP contribution is -2.40. The number of rotatable bonds is 5. The van der Waals surface area contributed by atoms with Gasteiger partial charge in [0.2, 0.25) is 12.3 Å². The van der Waals surface area contributed by atoms with Crippen molar-refractivity contribution in [1.29, 1.82) is 0 Å². The van der Waals surface area contributed by atoms with E-state index < -0.39 is 0 Å². The van der Waals surface area contributed by atoms with Crippen LogP contribution >= 0.6 is 0 Å². The van der Waals surface area contributed by atoms with Gasteiger partial charge in [-0.15, -0.1) is 0 Å². The summed E-state index contributed by atoms with van der Waals surface area (Å²) in [6.07, 6.45) is 3.90. The fourth-order valence-corrected chi connectivity index (χ4v) is 4.18. The van der Waals surface area contributed by atoms with Crippen LogP contribution in [0.5, 0.6) is 0 Å². The molecule has 8 heteroatoms. The molecule has 4 rings (SSSR count). The SMILES string of the molecule is CC(C)C(=O)N1CCC(c2cc(-c3ccc(NC=O)cc3)c3c(N)ncnn23)CC1. The molecular weight excluding hydrogens is 380 g/mol. The molecular formula is C22H26N6O2. The Morgan fingerprint density at radius 3 is 2.57 bits per heavy atom. The Morgan fingerprint density at radius 2 is 1.93 bits per heavy atom. The quantitative estimate of drug-likeness (QED) is 0.634. The van der Waals surface area contributed by atoms with Gasteiger partial charge in [-0.25, -0.2) is 9.50 Å². The van der Waals surface area contributed by atoms with Crippen molar-refractivity contribution in [3.63, 3.8) is 0 Å². The van der Waals surface area contributed by atoms with Crippen molar-refractivity contribution >= 4 is 29.3 Å². The van der Waals surface area contributed by atoms with Gasteiger partial charge in [0.25, 0.3) is 0 Å². The van der Waals surface area contributed by atoms with Crippen molar-refractivity contribution in [2.45, 2.75) is 32.6 Å². The molecule has 3 heterocycles. The fourth-order valence-electron chi connectivity index (χ4n) is 4.18. The molecule has 0 spiro atoms. The van der Waals surface area contributed by atoms with Crippen molar-refractivity contribution in [1.82, 2.24) is 19.5 Å². The van der Waals surface area contributed by atoms with Crippen molar-refractivity contribution in [2.24, 2.45) is 5.92 Å². The predicted molar refractivity (Wildman–Crippen MR) is 116 cm³/mol. The van der Waals surface area contributed by atoms with Crippen molar-refractivity contribution in [3.05, 3.63) is 42.4 Å². The van der Waals surface area contributed by atoms with Crippen LogP contribution in [0.4, 0.5) is 11.5 Å². The van der Waals surface area contributed by atoms with Crippen molar-refractivity contribution < 1.29 is 9.59 Å². The van der Waals surface area contributed by atoms with Gasteiger partial charge in [-0.1, -0.05) is 26.0 Å². The molecule has 30 heavy (non-hydrogen) atoms. The number of piperidine rings is 1. The Kier molecular flexibility index (Phi) is 5.39. The lowest BCUT2D eigenvalue weighted by Gasteiger charge is -2.33. The average Bonchev–Trinajstić information content (AvgIpc) is 3.15. The Labute approximate surface area is 175 Å². The number of carbonyl (C=O) groups excluding carboxylic acids is 2. The molecule has 1 fully saturated rings. The van der Waals surface area contributed by atoms with E-state index >= 15 is 0 Å². The number of anilines is 2. The minimum atomic E-state index is 0.0199. The van der Waals surface area contributed by atoms with Gasteiger partial charge in [0.05, 0.1) is 0 Å². The van der Waals surface area contributed by atoms with E-state index in [2.05, 4.69) is 21.5 Å². The minimum Gasteiger partial charge on any atom is -0.382 e. The smallest absolute Gasteiger partial charge is 0.225 e. The van der Waals surface area contributed by atoms with Crippen LogP contribution in [0.25, 0.3) is 16.6 Å². The largest absolute Gasteiger partial charge is 0.382 e. The summed E-state index contributed by atoms with van der Waals surface area (Å²) in [5.74, 6) is 0.942. The highest BCUT2D eigenvalue weighted by Crippen LogP contribution is 2.37. The summed E-state index contributed by atoms with van der Waals surface area (Å²) in [4.78, 5) is 29.1. The summed E-state index contributed by atoms with van der Waals surface area (Å²) in [5, 5.41) is 7.12. The number of hydrogen-bond donors (Lipinski definition) is 2. The predicted octanol–water partition coefficient (Wildman–Crippen LogP) is 2.91. The standard InChI is InChI=1S/C22H26N6O2/c1-14(2)22(30)27-9-7-16(8-10-27)19-11-18(20-21(23)24-12-26-28(19)20)15-3-5-17(6-4-15)25-13-29/h3-6,11-14,16H,7-10H2,1-2H3,(H,25,29)(H2,23,24,26). The van der Waals surface area contributed by atoms with Crippen LogP contribution in [0.1, 0.15) is 38.3 Å². The molecule has 1 aliphatic rings. The third kappa shape index (κ3) is 3.60. The lowest BCUT2D eigenvalue weighted by atomic mass is 9.92. The third-order valence-electron chi connectivity index (χ3n) is 5.75. The Morgan fingerprint density at radius 1 is 1.23 bits per heavy atom. The number of hydrogen-bond acceptors (Lipinski definition) is 5. The number of nitrogens with two attached hydrogens (primary N) is 1. The van der Waals surface area contributed by atoms with Gasteiger partial charge in [-0.3, -0.25) is 9.59 Å². The minimum absolute atomic E-state index is 0.0199. The third-order valence-corrected chi connectivity index (χ3v) is 5.75. The summed E-state index contributed by atoms with van der Waals surface area (Å²) in [7, 11) is 0. The van der Waals surface area contributed by atoms with Gasteiger partial charge in [0.1, 0.15) is 11.8 Å². The maximum Gasteiger partial charge on any atom is 0.225 e. The lowest BCUT2D eigenvalue weighted by molar-refractivity contribution is -0.135. The number of nitrogen functional groups attached to an aromatic ring is 1. The van der Waals surface area contributed by atoms with Crippen LogP contribution in [-0.2, 0) is 9.59 Å². The molecule has 3 aromatic rings. The Balaban J connectivity index is 1.68. The zero-order valence-electron chi connectivity index (χ0n) is 17.2. The number of amides is 2. The number of likely N-dealkylation sites (tertiary alicyclic amines) is 1. The maximum atomic E-state index is 12.3. The molecule has 0 atom stereocenters. The second-order valence-electron chi connectivity index (χ2n) is 7.98. The van der Waals surface area contributed by atoms with E-state index in [9.17, 15) is 9.59 Å². The molecule has 0 aliphatic carbocycles. The number of fused-ring (bicyclic) bond motifs is 1. The summed E-state index contributed by atoms with van der Waals surface area (Å²) >= 11 is 0. The second kappa shape index (κ2) is 8.14. The monoisotopic (exact) mass is 406 g/mol. The van der Waals surface area contributed by atoms with Crippen LogP contribution < -0.4 is 11.1 Å². The first-order valence-corrected chi connectivity index (χ1v) is 10.2. The van der Waals surface area contributed by atoms with E-state index in [4.69, 9.17) is 5.73 Å². The number of nitrogens with one attached hydrogen (secondary N) is 1. The van der Waals surface area contributed by atoms with Crippen molar-refractivity contribution in [3.8, 4) is 11.1 Å². The van der Waals surface area contributed by atoms with Crippen LogP contribution in [0, 0.1) is 5.92 Å². The first kappa shape index (κ1) is 19.9. The molecule has 1 saturated heterocycles. The Hall–Kier alpha value is -3.42. The molecule has 0 unspecified atom stereocenters. The first-order chi connectivity index (χ1) is 14.5. The van der Waals surface area contributed by atoms with Gasteiger partial charge in [-0.2, -0.15) is 5.10 Å². The number of aromatic nitrogens is 3. The molecule has 1 aromatic carbocycles. The van der Waals surface area contributed by atoms with Crippen LogP contribution in [0.3, 0.4) is 0 Å². The number of benzene rings is 1. The number of carbonyl (C=O) groups is 2. The zero-order chi connectivity index (χ0) is 21.3. The molecule has 1 aliphatic heterocycles. The van der Waals surface area contributed by atoms with Gasteiger partial charge in [0, 0.05) is 41.9 Å². The molecule has 0 bridgehead atoms. The van der Waals surface area contributed by atoms with Gasteiger partial charge >= 0.3 is 0 Å². The molecule has 2 aromatic heterocycles.